The third-order valence-corrected chi connectivity index (χ3v) is 13.3. The number of imidazole rings is 1. The first-order chi connectivity index (χ1) is 14.0. The molecule has 0 spiro atoms. The van der Waals surface area contributed by atoms with Gasteiger partial charge in [-0.15, -0.1) is 0 Å². The summed E-state index contributed by atoms with van der Waals surface area (Å²) in [6, 6.07) is 14.4. The molecule has 0 saturated carbocycles. The zero-order valence-electron chi connectivity index (χ0n) is 20.0. The molecule has 2 aromatic carbocycles. The third kappa shape index (κ3) is 2.12. The molecule has 3 heteroatoms. The van der Waals surface area contributed by atoms with Crippen LogP contribution in [-0.2, 0) is 5.04 Å². The highest BCUT2D eigenvalue weighted by atomic mass is 28.3. The Kier molecular flexibility index (Phi) is 3.94. The van der Waals surface area contributed by atoms with Crippen LogP contribution >= 0.6 is 0 Å². The average molecular weight is 416 g/mol. The van der Waals surface area contributed by atoms with Crippen LogP contribution in [0, 0.1) is 6.92 Å². The summed E-state index contributed by atoms with van der Waals surface area (Å²) in [5, 5.41) is 6.03. The van der Waals surface area contributed by atoms with E-state index < -0.39 is 8.07 Å². The molecule has 0 saturated heterocycles. The van der Waals surface area contributed by atoms with Gasteiger partial charge in [-0.05, 0) is 30.5 Å². The van der Waals surface area contributed by atoms with Gasteiger partial charge in [-0.1, -0.05) is 77.2 Å². The van der Waals surface area contributed by atoms with Crippen molar-refractivity contribution in [2.75, 3.05) is 0 Å². The number of nitrogens with zero attached hydrogens (tertiary/aromatic N) is 2. The number of aromatic nitrogens is 2. The molecule has 2 aromatic heterocycles. The van der Waals surface area contributed by atoms with Crippen LogP contribution in [0.1, 0.15) is 70.5 Å². The fraction of sp³-hybridized carbons (Fsp3) is 0.444. The van der Waals surface area contributed by atoms with E-state index >= 15 is 0 Å². The predicted octanol–water partition coefficient (Wildman–Crippen LogP) is 6.29. The molecule has 0 amide bonds. The lowest BCUT2D eigenvalue weighted by Crippen LogP contribution is -2.64. The second-order valence-corrected chi connectivity index (χ2v) is 16.0. The minimum Gasteiger partial charge on any atom is -0.225 e. The number of para-hydroxylation sites is 1. The van der Waals surface area contributed by atoms with Crippen LogP contribution < -0.4 is 9.59 Å². The van der Waals surface area contributed by atoms with Crippen molar-refractivity contribution in [1.29, 1.82) is 0 Å². The van der Waals surface area contributed by atoms with Gasteiger partial charge in [0.1, 0.15) is 19.3 Å². The van der Waals surface area contributed by atoms with E-state index in [9.17, 15) is 0 Å². The number of benzene rings is 2. The van der Waals surface area contributed by atoms with E-state index in [1.807, 2.05) is 0 Å². The van der Waals surface area contributed by atoms with Crippen LogP contribution in [0.4, 0.5) is 0 Å². The summed E-state index contributed by atoms with van der Waals surface area (Å²) < 4.78 is 5.30. The first kappa shape index (κ1) is 19.8. The Labute approximate surface area is 181 Å². The van der Waals surface area contributed by atoms with Crippen LogP contribution in [-0.4, -0.2) is 12.6 Å². The smallest absolute Gasteiger partial charge is 0.225 e. The van der Waals surface area contributed by atoms with Gasteiger partial charge in [-0.2, -0.15) is 4.40 Å². The molecule has 0 radical (unpaired) electrons. The van der Waals surface area contributed by atoms with E-state index in [-0.39, 0.29) is 5.04 Å². The van der Waals surface area contributed by atoms with Gasteiger partial charge in [0.2, 0.25) is 0 Å². The van der Waals surface area contributed by atoms with E-state index in [0.717, 1.165) is 0 Å². The van der Waals surface area contributed by atoms with Gasteiger partial charge in [0.25, 0.3) is 5.65 Å². The van der Waals surface area contributed by atoms with Gasteiger partial charge in [0.15, 0.2) is 5.69 Å². The minimum atomic E-state index is -1.75. The molecule has 3 heterocycles. The quantitative estimate of drug-likeness (QED) is 0.207. The standard InChI is InChI=1S/C27H35N2Si/c1-16(2)19-12-10-13-20-21-14-11-15-22-24(21)29-25(27(6,7)30(22,8)9)18(5)28(17(3)4)26(29)23(19)20/h10-17H,1-9H3/q+1. The van der Waals surface area contributed by atoms with Crippen molar-refractivity contribution in [3.8, 4) is 0 Å². The number of hydrogen-bond acceptors (Lipinski definition) is 0. The maximum Gasteiger partial charge on any atom is 0.295 e. The Morgan fingerprint density at radius 1 is 0.933 bits per heavy atom. The van der Waals surface area contributed by atoms with E-state index in [2.05, 4.69) is 107 Å². The zero-order chi connectivity index (χ0) is 21.7. The zero-order valence-corrected chi connectivity index (χ0v) is 21.0. The second-order valence-electron chi connectivity index (χ2n) is 10.9. The van der Waals surface area contributed by atoms with Gasteiger partial charge < -0.3 is 0 Å². The Hall–Kier alpha value is -2.13. The topological polar surface area (TPSA) is 9.03 Å². The Morgan fingerprint density at radius 3 is 2.20 bits per heavy atom. The molecule has 30 heavy (non-hydrogen) atoms. The fourth-order valence-corrected chi connectivity index (χ4v) is 9.04. The maximum absolute atomic E-state index is 2.67. The highest BCUT2D eigenvalue weighted by molar-refractivity contribution is 6.93. The largest absolute Gasteiger partial charge is 0.295 e. The summed E-state index contributed by atoms with van der Waals surface area (Å²) in [7, 11) is -1.75. The monoisotopic (exact) mass is 415 g/mol. The molecule has 4 aromatic rings. The summed E-state index contributed by atoms with van der Waals surface area (Å²) in [5.74, 6) is 0.485. The second kappa shape index (κ2) is 5.97. The molecule has 0 N–H and O–H groups in total. The van der Waals surface area contributed by atoms with Crippen LogP contribution in [0.15, 0.2) is 36.4 Å². The summed E-state index contributed by atoms with van der Waals surface area (Å²) in [5.41, 5.74) is 7.30. The molecule has 0 bridgehead atoms. The van der Waals surface area contributed by atoms with Gasteiger partial charge in [-0.3, -0.25) is 0 Å². The van der Waals surface area contributed by atoms with E-state index in [4.69, 9.17) is 0 Å². The number of hydrogen-bond donors (Lipinski definition) is 0. The van der Waals surface area contributed by atoms with Crippen molar-refractivity contribution >= 4 is 40.6 Å². The van der Waals surface area contributed by atoms with Crippen LogP contribution in [0.3, 0.4) is 0 Å². The number of pyridine rings is 1. The lowest BCUT2D eigenvalue weighted by atomic mass is 9.94. The Morgan fingerprint density at radius 2 is 1.57 bits per heavy atom. The third-order valence-electron chi connectivity index (χ3n) is 8.20. The lowest BCUT2D eigenvalue weighted by Gasteiger charge is -2.41. The number of rotatable bonds is 2. The van der Waals surface area contributed by atoms with Gasteiger partial charge in [0, 0.05) is 22.7 Å². The molecule has 1 aliphatic heterocycles. The molecule has 1 aliphatic rings. The molecule has 0 aliphatic carbocycles. The van der Waals surface area contributed by atoms with Crippen LogP contribution in [0.5, 0.6) is 0 Å². The van der Waals surface area contributed by atoms with Crippen molar-refractivity contribution in [3.63, 3.8) is 0 Å². The van der Waals surface area contributed by atoms with E-state index in [0.29, 0.717) is 12.0 Å². The summed E-state index contributed by atoms with van der Waals surface area (Å²) >= 11 is 0. The summed E-state index contributed by atoms with van der Waals surface area (Å²) in [4.78, 5) is 0. The Balaban J connectivity index is 2.25. The molecule has 5 rings (SSSR count). The summed E-state index contributed by atoms with van der Waals surface area (Å²) in [6.45, 7) is 21.8. The van der Waals surface area contributed by atoms with E-state index in [1.54, 1.807) is 5.19 Å². The van der Waals surface area contributed by atoms with Crippen molar-refractivity contribution in [2.24, 2.45) is 0 Å². The molecule has 2 nitrogen and oxygen atoms in total. The van der Waals surface area contributed by atoms with Crippen molar-refractivity contribution in [1.82, 2.24) is 4.57 Å². The fourth-order valence-electron chi connectivity index (χ4n) is 6.13. The molecule has 0 fully saturated rings. The average Bonchev–Trinajstić information content (AvgIpc) is 2.99. The molecule has 156 valence electrons. The molecule has 0 atom stereocenters. The first-order valence-corrected chi connectivity index (χ1v) is 14.5. The summed E-state index contributed by atoms with van der Waals surface area (Å²) in [6.07, 6.45) is 0. The van der Waals surface area contributed by atoms with Gasteiger partial charge in [-0.25, -0.2) is 4.57 Å². The Bertz CT molecular complexity index is 1330. The van der Waals surface area contributed by atoms with Crippen molar-refractivity contribution < 1.29 is 4.40 Å². The SMILES string of the molecule is Cc1c2[n+]3c4c(cccc4c4cccc(C(C)C)c4c3n1C(C)C)[Si](C)(C)C2(C)C. The van der Waals surface area contributed by atoms with Gasteiger partial charge >= 0.3 is 0 Å². The van der Waals surface area contributed by atoms with Crippen LogP contribution in [0.2, 0.25) is 13.1 Å². The predicted molar refractivity (Wildman–Crippen MR) is 132 cm³/mol. The van der Waals surface area contributed by atoms with Crippen molar-refractivity contribution in [3.05, 3.63) is 53.3 Å². The molecular formula is C27H35N2Si+. The van der Waals surface area contributed by atoms with Crippen LogP contribution in [0.25, 0.3) is 27.3 Å². The van der Waals surface area contributed by atoms with E-state index in [1.165, 1.54) is 44.3 Å². The lowest BCUT2D eigenvalue weighted by molar-refractivity contribution is -0.493. The maximum atomic E-state index is 2.67. The molecular weight excluding hydrogens is 380 g/mol. The first-order valence-electron chi connectivity index (χ1n) is 11.5. The number of fused-ring (bicyclic) bond motifs is 3. The minimum absolute atomic E-state index is 0.155. The van der Waals surface area contributed by atoms with Gasteiger partial charge in [0.05, 0.1) is 11.4 Å². The van der Waals surface area contributed by atoms with Crippen molar-refractivity contribution in [2.45, 2.75) is 78.6 Å². The molecule has 0 unspecified atom stereocenters. The highest BCUT2D eigenvalue weighted by Crippen LogP contribution is 2.43. The normalized spacial score (nSPS) is 17.3. The highest BCUT2D eigenvalue weighted by Gasteiger charge is 2.53.